The molecule has 0 aliphatic heterocycles. The largest absolute Gasteiger partial charge is 0.377 e. The quantitative estimate of drug-likeness (QED) is 0.689. The minimum atomic E-state index is 0.220. The molecule has 7 nitrogen and oxygen atoms in total. The predicted molar refractivity (Wildman–Crippen MR) is 120 cm³/mol. The third kappa shape index (κ3) is 3.82. The highest BCUT2D eigenvalue weighted by Gasteiger charge is 2.27. The first-order chi connectivity index (χ1) is 13.9. The van der Waals surface area contributed by atoms with Crippen molar-refractivity contribution in [3.8, 4) is 0 Å². The fourth-order valence-corrected chi connectivity index (χ4v) is 4.17. The second kappa shape index (κ2) is 7.83. The van der Waals surface area contributed by atoms with Gasteiger partial charge in [-0.25, -0.2) is 9.97 Å². The van der Waals surface area contributed by atoms with Crippen LogP contribution in [0.4, 0.5) is 23.3 Å². The van der Waals surface area contributed by atoms with Gasteiger partial charge < -0.3 is 20.9 Å². The molecule has 7 heteroatoms. The van der Waals surface area contributed by atoms with Gasteiger partial charge in [-0.3, -0.25) is 0 Å². The van der Waals surface area contributed by atoms with Crippen molar-refractivity contribution in [2.24, 2.45) is 5.73 Å². The zero-order valence-electron chi connectivity index (χ0n) is 17.6. The Morgan fingerprint density at radius 3 is 2.48 bits per heavy atom. The lowest BCUT2D eigenvalue weighted by Crippen LogP contribution is -2.23. The van der Waals surface area contributed by atoms with Gasteiger partial charge in [-0.15, -0.1) is 0 Å². The lowest BCUT2D eigenvalue weighted by atomic mass is 9.90. The second-order valence-corrected chi connectivity index (χ2v) is 8.15. The number of hydrogen-bond donors (Lipinski definition) is 2. The Bertz CT molecular complexity index is 1020. The van der Waals surface area contributed by atoms with Crippen molar-refractivity contribution < 1.29 is 0 Å². The van der Waals surface area contributed by atoms with E-state index in [-0.39, 0.29) is 6.04 Å². The number of rotatable bonds is 5. The Morgan fingerprint density at radius 1 is 0.966 bits per heavy atom. The molecule has 3 N–H and O–H groups in total. The van der Waals surface area contributed by atoms with Crippen LogP contribution in [0.5, 0.6) is 0 Å². The molecule has 1 aromatic carbocycles. The number of benzene rings is 1. The number of nitrogens with one attached hydrogen (secondary N) is 1. The molecule has 1 saturated carbocycles. The van der Waals surface area contributed by atoms with E-state index < -0.39 is 0 Å². The van der Waals surface area contributed by atoms with Gasteiger partial charge in [0.2, 0.25) is 5.95 Å². The number of nitrogens with zero attached hydrogens (tertiary/aromatic N) is 5. The van der Waals surface area contributed by atoms with Crippen LogP contribution in [-0.4, -0.2) is 49.2 Å². The van der Waals surface area contributed by atoms with Crippen LogP contribution in [0, 0.1) is 0 Å². The van der Waals surface area contributed by atoms with E-state index >= 15 is 0 Å². The number of fused-ring (bicyclic) bond motifs is 1. The normalized spacial score (nSPS) is 18.8. The molecule has 0 spiro atoms. The Labute approximate surface area is 172 Å². The molecule has 0 saturated heterocycles. The van der Waals surface area contributed by atoms with Gasteiger partial charge in [0.15, 0.2) is 0 Å². The molecule has 0 bridgehead atoms. The summed E-state index contributed by atoms with van der Waals surface area (Å²) in [5.74, 6) is 2.54. The molecule has 1 fully saturated rings. The highest BCUT2D eigenvalue weighted by molar-refractivity contribution is 5.97. The van der Waals surface area contributed by atoms with Crippen LogP contribution in [0.1, 0.15) is 30.7 Å². The molecule has 4 rings (SSSR count). The van der Waals surface area contributed by atoms with Crippen molar-refractivity contribution in [3.63, 3.8) is 0 Å². The van der Waals surface area contributed by atoms with Crippen molar-refractivity contribution in [2.75, 3.05) is 43.3 Å². The van der Waals surface area contributed by atoms with Gasteiger partial charge >= 0.3 is 0 Å². The van der Waals surface area contributed by atoms with Crippen molar-refractivity contribution in [2.45, 2.75) is 31.2 Å². The van der Waals surface area contributed by atoms with E-state index in [2.05, 4.69) is 57.5 Å². The fourth-order valence-electron chi connectivity index (χ4n) is 4.17. The van der Waals surface area contributed by atoms with Gasteiger partial charge in [-0.2, -0.15) is 4.98 Å². The van der Waals surface area contributed by atoms with Gasteiger partial charge in [-0.1, -0.05) is 12.5 Å². The number of aromatic nitrogens is 3. The first-order valence-electron chi connectivity index (χ1n) is 10.1. The monoisotopic (exact) mass is 391 g/mol. The van der Waals surface area contributed by atoms with E-state index in [4.69, 9.17) is 5.73 Å². The second-order valence-electron chi connectivity index (χ2n) is 8.15. The first-order valence-corrected chi connectivity index (χ1v) is 10.1. The fraction of sp³-hybridized carbons (Fsp3) is 0.409. The first kappa shape index (κ1) is 19.4. The van der Waals surface area contributed by atoms with Crippen LogP contribution >= 0.6 is 0 Å². The molecule has 2 aromatic heterocycles. The Hall–Kier alpha value is -2.93. The molecule has 152 valence electrons. The van der Waals surface area contributed by atoms with E-state index in [1.165, 1.54) is 17.4 Å². The summed E-state index contributed by atoms with van der Waals surface area (Å²) in [4.78, 5) is 17.5. The van der Waals surface area contributed by atoms with Crippen molar-refractivity contribution >= 4 is 34.0 Å². The molecular formula is C22H29N7. The lowest BCUT2D eigenvalue weighted by Gasteiger charge is -2.22. The van der Waals surface area contributed by atoms with E-state index in [9.17, 15) is 0 Å². The van der Waals surface area contributed by atoms with Crippen LogP contribution < -0.4 is 20.9 Å². The van der Waals surface area contributed by atoms with Crippen molar-refractivity contribution in [1.82, 2.24) is 15.0 Å². The van der Waals surface area contributed by atoms with Crippen LogP contribution in [0.3, 0.4) is 0 Å². The zero-order chi connectivity index (χ0) is 20.5. The summed E-state index contributed by atoms with van der Waals surface area (Å²) < 4.78 is 0. The number of nitrogens with two attached hydrogens (primary N) is 1. The predicted octanol–water partition coefficient (Wildman–Crippen LogP) is 3.50. The molecule has 3 aromatic rings. The van der Waals surface area contributed by atoms with Crippen molar-refractivity contribution in [1.29, 1.82) is 0 Å². The minimum absolute atomic E-state index is 0.220. The zero-order valence-corrected chi connectivity index (χ0v) is 17.6. The van der Waals surface area contributed by atoms with Gasteiger partial charge in [0.25, 0.3) is 0 Å². The lowest BCUT2D eigenvalue weighted by molar-refractivity contribution is 0.617. The summed E-state index contributed by atoms with van der Waals surface area (Å²) >= 11 is 0. The number of hydrogen-bond acceptors (Lipinski definition) is 7. The van der Waals surface area contributed by atoms with Crippen LogP contribution in [-0.2, 0) is 0 Å². The maximum Gasteiger partial charge on any atom is 0.226 e. The molecule has 29 heavy (non-hydrogen) atoms. The molecule has 1 aliphatic rings. The molecule has 2 heterocycles. The minimum Gasteiger partial charge on any atom is -0.377 e. The van der Waals surface area contributed by atoms with E-state index in [1.54, 1.807) is 6.20 Å². The molecular weight excluding hydrogens is 362 g/mol. The standard InChI is InChI=1S/C22H29N7/c1-28(2)19-9-8-14(15-6-5-7-18(15)23)16-12-21(25-13-17(16)19)26-20-10-11-24-22(27-20)29(3)4/h8-13,15,18H,5-7,23H2,1-4H3,(H,24,25,26,27). The van der Waals surface area contributed by atoms with Gasteiger partial charge in [-0.05, 0) is 47.9 Å². The third-order valence-corrected chi connectivity index (χ3v) is 5.66. The van der Waals surface area contributed by atoms with Crippen LogP contribution in [0.2, 0.25) is 0 Å². The van der Waals surface area contributed by atoms with Crippen molar-refractivity contribution in [3.05, 3.63) is 42.2 Å². The highest BCUT2D eigenvalue weighted by Crippen LogP contribution is 2.40. The van der Waals surface area contributed by atoms with Gasteiger partial charge in [0.05, 0.1) is 0 Å². The van der Waals surface area contributed by atoms with Gasteiger partial charge in [0, 0.05) is 57.7 Å². The Kier molecular flexibility index (Phi) is 5.24. The molecule has 0 amide bonds. The number of anilines is 4. The molecule has 0 radical (unpaired) electrons. The summed E-state index contributed by atoms with van der Waals surface area (Å²) in [6, 6.07) is 8.62. The molecule has 2 atom stereocenters. The molecule has 1 aliphatic carbocycles. The average molecular weight is 392 g/mol. The highest BCUT2D eigenvalue weighted by atomic mass is 15.2. The summed E-state index contributed by atoms with van der Waals surface area (Å²) in [7, 11) is 7.97. The van der Waals surface area contributed by atoms with Crippen LogP contribution in [0.15, 0.2) is 36.7 Å². The summed E-state index contributed by atoms with van der Waals surface area (Å²) in [6.07, 6.45) is 7.11. The maximum absolute atomic E-state index is 6.44. The van der Waals surface area contributed by atoms with E-state index in [1.807, 2.05) is 31.3 Å². The third-order valence-electron chi connectivity index (χ3n) is 5.66. The maximum atomic E-state index is 6.44. The molecule has 2 unspecified atom stereocenters. The van der Waals surface area contributed by atoms with Crippen LogP contribution in [0.25, 0.3) is 10.8 Å². The Balaban J connectivity index is 1.78. The average Bonchev–Trinajstić information content (AvgIpc) is 3.12. The summed E-state index contributed by atoms with van der Waals surface area (Å²) in [5.41, 5.74) is 8.92. The number of pyridine rings is 1. The topological polar surface area (TPSA) is 83.2 Å². The van der Waals surface area contributed by atoms with Gasteiger partial charge in [0.1, 0.15) is 11.6 Å². The van der Waals surface area contributed by atoms with E-state index in [0.717, 1.165) is 35.6 Å². The summed E-state index contributed by atoms with van der Waals surface area (Å²) in [5, 5.41) is 5.69. The summed E-state index contributed by atoms with van der Waals surface area (Å²) in [6.45, 7) is 0. The smallest absolute Gasteiger partial charge is 0.226 e. The SMILES string of the molecule is CN(C)c1nccc(Nc2cc3c(C4CCCC4N)ccc(N(C)C)c3cn2)n1. The Morgan fingerprint density at radius 2 is 1.79 bits per heavy atom. The van der Waals surface area contributed by atoms with E-state index in [0.29, 0.717) is 11.9 Å².